The monoisotopic (exact) mass is 475 g/mol. The highest BCUT2D eigenvalue weighted by molar-refractivity contribution is 7.98. The van der Waals surface area contributed by atoms with E-state index in [9.17, 15) is 19.5 Å². The number of Topliss-reactive ketones (excluding diaryl/α,β-unsaturated/α-hetero) is 1. The van der Waals surface area contributed by atoms with Gasteiger partial charge >= 0.3 is 5.97 Å². The van der Waals surface area contributed by atoms with Crippen LogP contribution < -0.4 is 5.32 Å². The fourth-order valence-corrected chi connectivity index (χ4v) is 3.79. The molecule has 0 saturated carbocycles. The number of thioether (sulfide) groups is 1. The third-order valence-electron chi connectivity index (χ3n) is 5.01. The van der Waals surface area contributed by atoms with Gasteiger partial charge in [0.25, 0.3) is 5.91 Å². The number of carboxylic acid groups (broad SMARTS) is 1. The number of aromatic nitrogens is 2. The molecule has 174 valence electrons. The van der Waals surface area contributed by atoms with Crippen LogP contribution in [0.2, 0.25) is 0 Å². The van der Waals surface area contributed by atoms with E-state index in [1.54, 1.807) is 35.3 Å². The van der Waals surface area contributed by atoms with Crippen molar-refractivity contribution in [1.29, 1.82) is 0 Å². The Morgan fingerprint density at radius 2 is 1.94 bits per heavy atom. The molecule has 2 aromatic carbocycles. The van der Waals surface area contributed by atoms with E-state index in [2.05, 4.69) is 22.1 Å². The van der Waals surface area contributed by atoms with Crippen molar-refractivity contribution in [2.24, 2.45) is 7.05 Å². The van der Waals surface area contributed by atoms with Crippen LogP contribution in [0.4, 0.5) is 0 Å². The van der Waals surface area contributed by atoms with Crippen LogP contribution in [0.15, 0.2) is 61.1 Å². The van der Waals surface area contributed by atoms with E-state index in [1.165, 1.54) is 11.8 Å². The number of carboxylic acids is 1. The number of benzene rings is 2. The molecule has 34 heavy (non-hydrogen) atoms. The number of hydrogen-bond donors (Lipinski definition) is 2. The predicted molar refractivity (Wildman–Crippen MR) is 133 cm³/mol. The highest BCUT2D eigenvalue weighted by atomic mass is 32.2. The molecule has 0 spiro atoms. The molecule has 0 radical (unpaired) electrons. The minimum atomic E-state index is -1.07. The molecule has 3 rings (SSSR count). The molecule has 1 unspecified atom stereocenters. The zero-order valence-corrected chi connectivity index (χ0v) is 19.8. The first-order valence-corrected chi connectivity index (χ1v) is 12.0. The maximum absolute atomic E-state index is 13.0. The molecule has 0 saturated heterocycles. The average molecular weight is 476 g/mol. The van der Waals surface area contributed by atoms with Gasteiger partial charge in [0.1, 0.15) is 6.04 Å². The second-order valence-electron chi connectivity index (χ2n) is 7.65. The molecule has 0 bridgehead atoms. The first-order chi connectivity index (χ1) is 16.4. The third kappa shape index (κ3) is 6.83. The predicted octanol–water partition coefficient (Wildman–Crippen LogP) is 3.19. The molecular formula is C26H25N3O4S. The molecule has 1 atom stereocenters. The minimum absolute atomic E-state index is 0.118. The van der Waals surface area contributed by atoms with E-state index < -0.39 is 17.9 Å². The minimum Gasteiger partial charge on any atom is -0.480 e. The summed E-state index contributed by atoms with van der Waals surface area (Å²) < 4.78 is 1.77. The van der Waals surface area contributed by atoms with E-state index in [1.807, 2.05) is 43.6 Å². The zero-order chi connectivity index (χ0) is 24.5. The Hall–Kier alpha value is -3.83. The Balaban J connectivity index is 1.87. The van der Waals surface area contributed by atoms with Crippen LogP contribution in [0, 0.1) is 11.8 Å². The summed E-state index contributed by atoms with van der Waals surface area (Å²) in [6.07, 6.45) is 5.72. The van der Waals surface area contributed by atoms with Gasteiger partial charge in [0.2, 0.25) is 5.78 Å². The molecule has 3 aromatic rings. The molecule has 0 aliphatic rings. The van der Waals surface area contributed by atoms with Crippen LogP contribution in [0.1, 0.15) is 28.0 Å². The van der Waals surface area contributed by atoms with Crippen LogP contribution in [-0.4, -0.2) is 50.4 Å². The molecular weight excluding hydrogens is 450 g/mol. The lowest BCUT2D eigenvalue weighted by molar-refractivity contribution is -0.139. The first kappa shape index (κ1) is 24.8. The number of nitrogens with zero attached hydrogens (tertiary/aromatic N) is 2. The summed E-state index contributed by atoms with van der Waals surface area (Å²) >= 11 is 1.52. The Labute approximate surface area is 202 Å². The molecule has 8 heteroatoms. The van der Waals surface area contributed by atoms with Crippen LogP contribution in [-0.2, 0) is 23.1 Å². The van der Waals surface area contributed by atoms with Gasteiger partial charge in [-0.1, -0.05) is 36.3 Å². The number of rotatable bonds is 9. The van der Waals surface area contributed by atoms with Gasteiger partial charge in [-0.3, -0.25) is 9.59 Å². The summed E-state index contributed by atoms with van der Waals surface area (Å²) in [4.78, 5) is 41.0. The van der Waals surface area contributed by atoms with Crippen LogP contribution in [0.25, 0.3) is 11.1 Å². The maximum atomic E-state index is 13.0. The fourth-order valence-electron chi connectivity index (χ4n) is 3.31. The molecule has 1 amide bonds. The fraction of sp³-hybridized carbons (Fsp3) is 0.231. The quantitative estimate of drug-likeness (QED) is 0.461. The maximum Gasteiger partial charge on any atom is 0.326 e. The molecule has 1 heterocycles. The number of nitrogens with one attached hydrogen (secondary N) is 1. The van der Waals surface area contributed by atoms with Gasteiger partial charge in [-0.2, -0.15) is 11.8 Å². The molecule has 0 fully saturated rings. The number of amides is 1. The van der Waals surface area contributed by atoms with Crippen molar-refractivity contribution in [3.05, 3.63) is 77.9 Å². The number of imidazole rings is 1. The Morgan fingerprint density at radius 1 is 1.18 bits per heavy atom. The lowest BCUT2D eigenvalue weighted by Gasteiger charge is -2.16. The molecule has 7 nitrogen and oxygen atoms in total. The Bertz CT molecular complexity index is 1240. The number of carbonyl (C=O) groups excluding carboxylic acids is 2. The summed E-state index contributed by atoms with van der Waals surface area (Å²) in [7, 11) is 1.83. The van der Waals surface area contributed by atoms with Gasteiger partial charge in [0.15, 0.2) is 0 Å². The van der Waals surface area contributed by atoms with Gasteiger partial charge in [-0.25, -0.2) is 9.78 Å². The van der Waals surface area contributed by atoms with Crippen molar-refractivity contribution >= 4 is 29.4 Å². The van der Waals surface area contributed by atoms with Crippen LogP contribution >= 0.6 is 11.8 Å². The number of carbonyl (C=O) groups is 3. The molecule has 0 aliphatic carbocycles. The van der Waals surface area contributed by atoms with Gasteiger partial charge in [-0.15, -0.1) is 0 Å². The average Bonchev–Trinajstić information content (AvgIpc) is 3.24. The molecule has 0 aliphatic heterocycles. The van der Waals surface area contributed by atoms with E-state index >= 15 is 0 Å². The summed E-state index contributed by atoms with van der Waals surface area (Å²) in [5, 5.41) is 12.1. The highest BCUT2D eigenvalue weighted by Crippen LogP contribution is 2.25. The summed E-state index contributed by atoms with van der Waals surface area (Å²) in [5.41, 5.74) is 2.95. The van der Waals surface area contributed by atoms with Gasteiger partial charge in [0.05, 0.1) is 18.4 Å². The second-order valence-corrected chi connectivity index (χ2v) is 8.64. The van der Waals surface area contributed by atoms with E-state index in [0.717, 1.165) is 5.56 Å². The number of ketones is 1. The van der Waals surface area contributed by atoms with Crippen molar-refractivity contribution in [2.45, 2.75) is 18.9 Å². The third-order valence-corrected chi connectivity index (χ3v) is 5.65. The summed E-state index contributed by atoms with van der Waals surface area (Å²) in [6.45, 7) is 0. The molecule has 1 aromatic heterocycles. The van der Waals surface area contributed by atoms with Gasteiger partial charge < -0.3 is 15.0 Å². The highest BCUT2D eigenvalue weighted by Gasteiger charge is 2.22. The zero-order valence-electron chi connectivity index (χ0n) is 18.9. The Morgan fingerprint density at radius 3 is 2.59 bits per heavy atom. The summed E-state index contributed by atoms with van der Waals surface area (Å²) in [6, 6.07) is 13.3. The summed E-state index contributed by atoms with van der Waals surface area (Å²) in [5.74, 6) is 4.31. The largest absolute Gasteiger partial charge is 0.480 e. The van der Waals surface area contributed by atoms with Gasteiger partial charge in [0, 0.05) is 24.4 Å². The lowest BCUT2D eigenvalue weighted by atomic mass is 9.96. The van der Waals surface area contributed by atoms with E-state index in [-0.39, 0.29) is 12.2 Å². The number of hydrogen-bond acceptors (Lipinski definition) is 5. The van der Waals surface area contributed by atoms with Crippen molar-refractivity contribution in [1.82, 2.24) is 14.9 Å². The van der Waals surface area contributed by atoms with Crippen LogP contribution in [0.3, 0.4) is 0 Å². The normalized spacial score (nSPS) is 11.2. The smallest absolute Gasteiger partial charge is 0.326 e. The van der Waals surface area contributed by atoms with E-state index in [0.29, 0.717) is 34.6 Å². The first-order valence-electron chi connectivity index (χ1n) is 10.6. The Kier molecular flexibility index (Phi) is 8.66. The van der Waals surface area contributed by atoms with Crippen molar-refractivity contribution in [3.8, 4) is 23.0 Å². The number of aliphatic carboxylic acids is 1. The van der Waals surface area contributed by atoms with Crippen molar-refractivity contribution in [3.63, 3.8) is 0 Å². The standard InChI is InChI=1S/C26H25N3O4S/c1-29-16-20(27-17-29)15-21(30)10-8-18-9-11-22(23(14-18)19-6-4-3-5-7-19)25(31)28-24(26(32)33)12-13-34-2/h3-7,9,11,14,16-17,24H,12-13,15H2,1-2H3,(H,28,31)(H,32,33). The molecule has 2 N–H and O–H groups in total. The van der Waals surface area contributed by atoms with Crippen molar-refractivity contribution < 1.29 is 19.5 Å². The topological polar surface area (TPSA) is 101 Å². The SMILES string of the molecule is CSCCC(NC(=O)c1ccc(C#CC(=O)Cc2cn(C)cn2)cc1-c1ccccc1)C(=O)O. The van der Waals surface area contributed by atoms with E-state index in [4.69, 9.17) is 0 Å². The number of aryl methyl sites for hydroxylation is 1. The van der Waals surface area contributed by atoms with Gasteiger partial charge in [-0.05, 0) is 53.7 Å². The second kappa shape index (κ2) is 11.9. The lowest BCUT2D eigenvalue weighted by Crippen LogP contribution is -2.41. The van der Waals surface area contributed by atoms with Crippen LogP contribution in [0.5, 0.6) is 0 Å². The van der Waals surface area contributed by atoms with Crippen molar-refractivity contribution in [2.75, 3.05) is 12.0 Å².